The van der Waals surface area contributed by atoms with Crippen molar-refractivity contribution in [2.75, 3.05) is 0 Å². The van der Waals surface area contributed by atoms with Gasteiger partial charge in [-0.1, -0.05) is 24.3 Å². The van der Waals surface area contributed by atoms with E-state index in [4.69, 9.17) is 4.74 Å². The Morgan fingerprint density at radius 2 is 2.25 bits per heavy atom. The molecule has 2 atom stereocenters. The number of hydrogen-bond acceptors (Lipinski definition) is 1. The van der Waals surface area contributed by atoms with Crippen LogP contribution >= 0.6 is 0 Å². The zero-order valence-electron chi connectivity index (χ0n) is 7.21. The highest BCUT2D eigenvalue weighted by atomic mass is 16.6. The lowest BCUT2D eigenvalue weighted by molar-refractivity contribution is 0.314. The van der Waals surface area contributed by atoms with Crippen molar-refractivity contribution in [2.24, 2.45) is 0 Å². The lowest BCUT2D eigenvalue weighted by Crippen LogP contribution is -2.16. The summed E-state index contributed by atoms with van der Waals surface area (Å²) in [5, 5.41) is 0. The average Bonchev–Trinajstić information content (AvgIpc) is 2.78. The van der Waals surface area contributed by atoms with E-state index in [-0.39, 0.29) is 5.60 Å². The van der Waals surface area contributed by atoms with Crippen molar-refractivity contribution in [3.63, 3.8) is 0 Å². The van der Waals surface area contributed by atoms with Crippen LogP contribution in [0.1, 0.15) is 24.5 Å². The molecule has 3 rings (SSSR count). The zero-order valence-corrected chi connectivity index (χ0v) is 7.21. The van der Waals surface area contributed by atoms with Crippen molar-refractivity contribution in [3.05, 3.63) is 35.4 Å². The summed E-state index contributed by atoms with van der Waals surface area (Å²) in [5.41, 5.74) is 2.98. The molecule has 1 aliphatic carbocycles. The van der Waals surface area contributed by atoms with Crippen molar-refractivity contribution < 1.29 is 4.74 Å². The Morgan fingerprint density at radius 3 is 3.17 bits per heavy atom. The second-order valence-electron chi connectivity index (χ2n) is 3.91. The highest BCUT2D eigenvalue weighted by Gasteiger charge is 2.55. The van der Waals surface area contributed by atoms with Crippen LogP contribution in [-0.4, -0.2) is 6.10 Å². The molecule has 2 aliphatic rings. The summed E-state index contributed by atoms with van der Waals surface area (Å²) in [6.45, 7) is 2.20. The molecule has 12 heavy (non-hydrogen) atoms. The fourth-order valence-corrected chi connectivity index (χ4v) is 2.34. The van der Waals surface area contributed by atoms with E-state index < -0.39 is 0 Å². The number of epoxide rings is 1. The fourth-order valence-electron chi connectivity index (χ4n) is 2.34. The van der Waals surface area contributed by atoms with Crippen molar-refractivity contribution >= 4 is 0 Å². The van der Waals surface area contributed by atoms with Crippen LogP contribution in [0.3, 0.4) is 0 Å². The van der Waals surface area contributed by atoms with Gasteiger partial charge in [0.05, 0.1) is 6.10 Å². The number of hydrogen-bond donors (Lipinski definition) is 0. The maximum atomic E-state index is 5.69. The van der Waals surface area contributed by atoms with E-state index in [0.717, 1.165) is 0 Å². The number of aryl methyl sites for hydroxylation is 1. The zero-order chi connectivity index (χ0) is 8.18. The Hall–Kier alpha value is -0.820. The second kappa shape index (κ2) is 1.91. The van der Waals surface area contributed by atoms with Gasteiger partial charge in [-0.15, -0.1) is 0 Å². The molecule has 1 heterocycles. The molecule has 0 bridgehead atoms. The molecule has 62 valence electrons. The van der Waals surface area contributed by atoms with Gasteiger partial charge < -0.3 is 4.74 Å². The lowest BCUT2D eigenvalue weighted by atomic mass is 9.84. The predicted octanol–water partition coefficient (Wildman–Crippen LogP) is 2.25. The first-order chi connectivity index (χ1) is 5.81. The molecule has 0 spiro atoms. The SMILES string of the molecule is C[C@]12O[C@H]1CCc1ccccc12. The molecule has 0 radical (unpaired) electrons. The fraction of sp³-hybridized carbons (Fsp3) is 0.455. The molecule has 1 fully saturated rings. The molecule has 1 aliphatic heterocycles. The van der Waals surface area contributed by atoms with Gasteiger partial charge in [0.25, 0.3) is 0 Å². The number of fused-ring (bicyclic) bond motifs is 3. The molecule has 1 saturated heterocycles. The van der Waals surface area contributed by atoms with Gasteiger partial charge in [0.15, 0.2) is 0 Å². The van der Waals surface area contributed by atoms with Crippen LogP contribution in [0.25, 0.3) is 0 Å². The van der Waals surface area contributed by atoms with Gasteiger partial charge in [0.2, 0.25) is 0 Å². The normalized spacial score (nSPS) is 36.9. The summed E-state index contributed by atoms with van der Waals surface area (Å²) in [4.78, 5) is 0. The second-order valence-corrected chi connectivity index (χ2v) is 3.91. The Bertz CT molecular complexity index is 330. The van der Waals surface area contributed by atoms with Crippen LogP contribution in [0.4, 0.5) is 0 Å². The summed E-state index contributed by atoms with van der Waals surface area (Å²) >= 11 is 0. The van der Waals surface area contributed by atoms with Crippen molar-refractivity contribution in [1.29, 1.82) is 0 Å². The molecular weight excluding hydrogens is 148 g/mol. The molecule has 1 aromatic carbocycles. The summed E-state index contributed by atoms with van der Waals surface area (Å²) in [6, 6.07) is 8.64. The monoisotopic (exact) mass is 160 g/mol. The van der Waals surface area contributed by atoms with Gasteiger partial charge in [0.1, 0.15) is 5.60 Å². The standard InChI is InChI=1S/C11H12O/c1-11-9-5-3-2-4-8(9)6-7-10(11)12-11/h2-5,10H,6-7H2,1H3/t10-,11+/m0/s1. The Morgan fingerprint density at radius 1 is 1.42 bits per heavy atom. The van der Waals surface area contributed by atoms with Gasteiger partial charge in [-0.05, 0) is 30.9 Å². The first-order valence-corrected chi connectivity index (χ1v) is 4.57. The third kappa shape index (κ3) is 0.674. The smallest absolute Gasteiger partial charge is 0.117 e. The average molecular weight is 160 g/mol. The molecular formula is C11H12O. The number of rotatable bonds is 0. The van der Waals surface area contributed by atoms with E-state index in [1.807, 2.05) is 0 Å². The van der Waals surface area contributed by atoms with E-state index >= 15 is 0 Å². The van der Waals surface area contributed by atoms with Crippen molar-refractivity contribution in [2.45, 2.75) is 31.5 Å². The molecule has 1 nitrogen and oxygen atoms in total. The Labute approximate surface area is 72.4 Å². The van der Waals surface area contributed by atoms with Gasteiger partial charge in [-0.25, -0.2) is 0 Å². The largest absolute Gasteiger partial charge is 0.361 e. The summed E-state index contributed by atoms with van der Waals surface area (Å²) in [6.07, 6.45) is 2.90. The molecule has 1 aromatic rings. The molecule has 0 aromatic heterocycles. The lowest BCUT2D eigenvalue weighted by Gasteiger charge is -2.17. The first-order valence-electron chi connectivity index (χ1n) is 4.57. The maximum Gasteiger partial charge on any atom is 0.117 e. The van der Waals surface area contributed by atoms with Crippen LogP contribution < -0.4 is 0 Å². The molecule has 0 N–H and O–H groups in total. The van der Waals surface area contributed by atoms with Gasteiger partial charge >= 0.3 is 0 Å². The van der Waals surface area contributed by atoms with E-state index in [1.165, 1.54) is 24.0 Å². The Balaban J connectivity index is 2.19. The van der Waals surface area contributed by atoms with E-state index in [0.29, 0.717) is 6.10 Å². The van der Waals surface area contributed by atoms with Gasteiger partial charge in [-0.2, -0.15) is 0 Å². The minimum atomic E-state index is 0.0782. The van der Waals surface area contributed by atoms with Gasteiger partial charge in [-0.3, -0.25) is 0 Å². The van der Waals surface area contributed by atoms with E-state index in [2.05, 4.69) is 31.2 Å². The minimum absolute atomic E-state index is 0.0782. The predicted molar refractivity (Wildman–Crippen MR) is 47.0 cm³/mol. The van der Waals surface area contributed by atoms with Crippen LogP contribution in [0, 0.1) is 0 Å². The number of ether oxygens (including phenoxy) is 1. The van der Waals surface area contributed by atoms with Crippen molar-refractivity contribution in [3.8, 4) is 0 Å². The highest BCUT2D eigenvalue weighted by Crippen LogP contribution is 2.52. The molecule has 0 unspecified atom stereocenters. The minimum Gasteiger partial charge on any atom is -0.361 e. The third-order valence-electron chi connectivity index (χ3n) is 3.17. The van der Waals surface area contributed by atoms with Crippen molar-refractivity contribution in [1.82, 2.24) is 0 Å². The summed E-state index contributed by atoms with van der Waals surface area (Å²) < 4.78 is 5.69. The van der Waals surface area contributed by atoms with E-state index in [1.54, 1.807) is 0 Å². The highest BCUT2D eigenvalue weighted by molar-refractivity contribution is 5.39. The quantitative estimate of drug-likeness (QED) is 0.530. The third-order valence-corrected chi connectivity index (χ3v) is 3.17. The summed E-state index contributed by atoms with van der Waals surface area (Å²) in [7, 11) is 0. The van der Waals surface area contributed by atoms with E-state index in [9.17, 15) is 0 Å². The Kier molecular flexibility index (Phi) is 1.06. The molecule has 0 amide bonds. The molecule has 1 heteroatoms. The number of benzene rings is 1. The summed E-state index contributed by atoms with van der Waals surface area (Å²) in [5.74, 6) is 0. The van der Waals surface area contributed by atoms with Crippen LogP contribution in [0.15, 0.2) is 24.3 Å². The topological polar surface area (TPSA) is 12.5 Å². The van der Waals surface area contributed by atoms with Crippen LogP contribution in [0.2, 0.25) is 0 Å². The first kappa shape index (κ1) is 6.67. The maximum absolute atomic E-state index is 5.69. The van der Waals surface area contributed by atoms with Crippen LogP contribution in [0.5, 0.6) is 0 Å². The molecule has 0 saturated carbocycles. The van der Waals surface area contributed by atoms with Gasteiger partial charge in [0, 0.05) is 0 Å². The van der Waals surface area contributed by atoms with Crippen LogP contribution in [-0.2, 0) is 16.8 Å².